The van der Waals surface area contributed by atoms with Crippen molar-refractivity contribution in [3.8, 4) is 0 Å². The Hall–Kier alpha value is -0.900. The molecular formula is C13H23NO3. The Morgan fingerprint density at radius 3 is 2.53 bits per heavy atom. The number of likely N-dealkylation sites (tertiary alicyclic amines) is 1. The molecule has 0 aliphatic carbocycles. The van der Waals surface area contributed by atoms with Crippen LogP contribution >= 0.6 is 0 Å². The number of carbonyl (C=O) groups excluding carboxylic acids is 1. The van der Waals surface area contributed by atoms with E-state index in [1.54, 1.807) is 0 Å². The van der Waals surface area contributed by atoms with Crippen LogP contribution in [-0.4, -0.2) is 40.9 Å². The van der Waals surface area contributed by atoms with E-state index >= 15 is 0 Å². The van der Waals surface area contributed by atoms with E-state index in [2.05, 4.69) is 6.92 Å². The highest BCUT2D eigenvalue weighted by Gasteiger charge is 2.38. The Kier molecular flexibility index (Phi) is 5.62. The molecule has 0 saturated carbocycles. The van der Waals surface area contributed by atoms with Crippen LogP contribution in [0.1, 0.15) is 46.0 Å². The minimum atomic E-state index is -0.784. The fraction of sp³-hybridized carbons (Fsp3) is 0.846. The van der Waals surface area contributed by atoms with Crippen molar-refractivity contribution in [2.24, 2.45) is 5.92 Å². The highest BCUT2D eigenvalue weighted by molar-refractivity contribution is 5.83. The fourth-order valence-electron chi connectivity index (χ4n) is 2.49. The molecule has 1 aliphatic heterocycles. The van der Waals surface area contributed by atoms with Crippen molar-refractivity contribution in [2.45, 2.75) is 52.0 Å². The maximum absolute atomic E-state index is 11.6. The summed E-state index contributed by atoms with van der Waals surface area (Å²) in [4.78, 5) is 24.8. The lowest BCUT2D eigenvalue weighted by molar-refractivity contribution is -0.142. The third kappa shape index (κ3) is 3.80. The Balaban J connectivity index is 2.54. The van der Waals surface area contributed by atoms with Gasteiger partial charge in [-0.25, -0.2) is 0 Å². The number of unbranched alkanes of at least 4 members (excludes halogenated alkanes) is 2. The van der Waals surface area contributed by atoms with Crippen LogP contribution in [0.2, 0.25) is 0 Å². The van der Waals surface area contributed by atoms with Gasteiger partial charge in [0.15, 0.2) is 0 Å². The first kappa shape index (κ1) is 14.2. The molecule has 1 rings (SSSR count). The number of carboxylic acids is 1. The summed E-state index contributed by atoms with van der Waals surface area (Å²) in [5, 5.41) is 9.16. The third-order valence-corrected chi connectivity index (χ3v) is 3.54. The summed E-state index contributed by atoms with van der Waals surface area (Å²) in [5.74, 6) is -0.648. The zero-order chi connectivity index (χ0) is 12.8. The summed E-state index contributed by atoms with van der Waals surface area (Å²) in [6.45, 7) is 5.41. The first-order chi connectivity index (χ1) is 8.10. The Morgan fingerprint density at radius 1 is 1.29 bits per heavy atom. The van der Waals surface area contributed by atoms with E-state index < -0.39 is 12.0 Å². The lowest BCUT2D eigenvalue weighted by atomic mass is 9.99. The van der Waals surface area contributed by atoms with Gasteiger partial charge in [0.1, 0.15) is 11.8 Å². The van der Waals surface area contributed by atoms with E-state index in [4.69, 9.17) is 5.11 Å². The quantitative estimate of drug-likeness (QED) is 0.692. The number of carbonyl (C=O) groups is 2. The van der Waals surface area contributed by atoms with Crippen molar-refractivity contribution < 1.29 is 14.7 Å². The maximum Gasteiger partial charge on any atom is 0.320 e. The van der Waals surface area contributed by atoms with Crippen LogP contribution in [0.3, 0.4) is 0 Å². The van der Waals surface area contributed by atoms with Crippen molar-refractivity contribution in [3.05, 3.63) is 0 Å². The predicted octanol–water partition coefficient (Wildman–Crippen LogP) is 1.93. The number of Topliss-reactive ketones (excluding diaryl/α,β-unsaturated/α-hetero) is 1. The van der Waals surface area contributed by atoms with Gasteiger partial charge in [0.05, 0.1) is 0 Å². The molecule has 0 radical (unpaired) electrons. The molecule has 0 aromatic heterocycles. The van der Waals surface area contributed by atoms with Gasteiger partial charge in [0, 0.05) is 18.9 Å². The van der Waals surface area contributed by atoms with Gasteiger partial charge >= 0.3 is 5.97 Å². The molecule has 0 spiro atoms. The molecule has 17 heavy (non-hydrogen) atoms. The summed E-state index contributed by atoms with van der Waals surface area (Å²) < 4.78 is 0. The molecule has 4 heteroatoms. The van der Waals surface area contributed by atoms with Gasteiger partial charge in [-0.15, -0.1) is 0 Å². The van der Waals surface area contributed by atoms with Gasteiger partial charge in [-0.05, 0) is 19.4 Å². The molecule has 1 N–H and O–H groups in total. The molecule has 1 aliphatic rings. The van der Waals surface area contributed by atoms with E-state index in [1.807, 2.05) is 11.8 Å². The molecule has 0 aromatic rings. The van der Waals surface area contributed by atoms with Crippen LogP contribution < -0.4 is 0 Å². The summed E-state index contributed by atoms with van der Waals surface area (Å²) in [5.41, 5.74) is 0. The summed E-state index contributed by atoms with van der Waals surface area (Å²) in [7, 11) is 0. The number of aliphatic carboxylic acids is 1. The number of hydrogen-bond donors (Lipinski definition) is 1. The second-order valence-electron chi connectivity index (χ2n) is 4.81. The first-order valence-electron chi connectivity index (χ1n) is 6.59. The van der Waals surface area contributed by atoms with E-state index in [1.165, 1.54) is 0 Å². The SMILES string of the molecule is CCCCCN1CC(C(=O)CC)CC1C(=O)O. The number of carboxylic acid groups (broad SMARTS) is 1. The van der Waals surface area contributed by atoms with Crippen LogP contribution in [0, 0.1) is 5.92 Å². The Morgan fingerprint density at radius 2 is 2.00 bits per heavy atom. The van der Waals surface area contributed by atoms with Gasteiger partial charge in [0.25, 0.3) is 0 Å². The van der Waals surface area contributed by atoms with Gasteiger partial charge in [0.2, 0.25) is 0 Å². The largest absolute Gasteiger partial charge is 0.480 e. The van der Waals surface area contributed by atoms with Crippen molar-refractivity contribution in [3.63, 3.8) is 0 Å². The lowest BCUT2D eigenvalue weighted by Crippen LogP contribution is -2.36. The summed E-state index contributed by atoms with van der Waals surface area (Å²) in [6.07, 6.45) is 4.28. The maximum atomic E-state index is 11.6. The average molecular weight is 241 g/mol. The first-order valence-corrected chi connectivity index (χ1v) is 6.59. The molecule has 1 fully saturated rings. The highest BCUT2D eigenvalue weighted by atomic mass is 16.4. The van der Waals surface area contributed by atoms with Crippen molar-refractivity contribution in [1.29, 1.82) is 0 Å². The smallest absolute Gasteiger partial charge is 0.320 e. The molecule has 1 saturated heterocycles. The number of ketones is 1. The molecule has 98 valence electrons. The molecule has 1 heterocycles. The lowest BCUT2D eigenvalue weighted by Gasteiger charge is -2.20. The van der Waals surface area contributed by atoms with E-state index in [-0.39, 0.29) is 11.7 Å². The zero-order valence-corrected chi connectivity index (χ0v) is 10.8. The van der Waals surface area contributed by atoms with Crippen molar-refractivity contribution in [1.82, 2.24) is 4.90 Å². The zero-order valence-electron chi connectivity index (χ0n) is 10.8. The monoisotopic (exact) mass is 241 g/mol. The molecule has 0 amide bonds. The van der Waals surface area contributed by atoms with Crippen molar-refractivity contribution >= 4 is 11.8 Å². The van der Waals surface area contributed by atoms with Crippen LogP contribution in [0.4, 0.5) is 0 Å². The number of hydrogen-bond acceptors (Lipinski definition) is 3. The molecular weight excluding hydrogens is 218 g/mol. The fourth-order valence-corrected chi connectivity index (χ4v) is 2.49. The average Bonchev–Trinajstić information content (AvgIpc) is 2.73. The van der Waals surface area contributed by atoms with Gasteiger partial charge < -0.3 is 5.11 Å². The second-order valence-corrected chi connectivity index (χ2v) is 4.81. The van der Waals surface area contributed by atoms with Gasteiger partial charge in [-0.2, -0.15) is 0 Å². The van der Waals surface area contributed by atoms with E-state index in [9.17, 15) is 9.59 Å². The summed E-state index contributed by atoms with van der Waals surface area (Å²) >= 11 is 0. The minimum absolute atomic E-state index is 0.0669. The predicted molar refractivity (Wildman–Crippen MR) is 65.9 cm³/mol. The second kappa shape index (κ2) is 6.74. The van der Waals surface area contributed by atoms with Crippen molar-refractivity contribution in [2.75, 3.05) is 13.1 Å². The topological polar surface area (TPSA) is 57.6 Å². The Bertz CT molecular complexity index is 278. The molecule has 0 aromatic carbocycles. The van der Waals surface area contributed by atoms with Gasteiger partial charge in [-0.1, -0.05) is 26.7 Å². The molecule has 2 unspecified atom stereocenters. The molecule has 2 atom stereocenters. The van der Waals surface area contributed by atoms with Crippen LogP contribution in [0.5, 0.6) is 0 Å². The molecule has 4 nitrogen and oxygen atoms in total. The summed E-state index contributed by atoms with van der Waals surface area (Å²) in [6, 6.07) is -0.452. The number of nitrogens with zero attached hydrogens (tertiary/aromatic N) is 1. The van der Waals surface area contributed by atoms with Crippen LogP contribution in [0.25, 0.3) is 0 Å². The highest BCUT2D eigenvalue weighted by Crippen LogP contribution is 2.25. The number of rotatable bonds is 7. The van der Waals surface area contributed by atoms with Crippen LogP contribution in [0.15, 0.2) is 0 Å². The van der Waals surface area contributed by atoms with Crippen LogP contribution in [-0.2, 0) is 9.59 Å². The van der Waals surface area contributed by atoms with E-state index in [0.29, 0.717) is 19.4 Å². The van der Waals surface area contributed by atoms with Gasteiger partial charge in [-0.3, -0.25) is 14.5 Å². The third-order valence-electron chi connectivity index (χ3n) is 3.54. The molecule has 0 bridgehead atoms. The normalized spacial score (nSPS) is 25.1. The standard InChI is InChI=1S/C13H23NO3/c1-3-5-6-7-14-9-10(12(15)4-2)8-11(14)13(16)17/h10-11H,3-9H2,1-2H3,(H,16,17). The van der Waals surface area contributed by atoms with E-state index in [0.717, 1.165) is 25.8 Å². The minimum Gasteiger partial charge on any atom is -0.480 e. The Labute approximate surface area is 103 Å².